The summed E-state index contributed by atoms with van der Waals surface area (Å²) in [6, 6.07) is 7.32. The van der Waals surface area contributed by atoms with Crippen molar-refractivity contribution in [3.05, 3.63) is 52.6 Å². The topological polar surface area (TPSA) is 54.0 Å². The van der Waals surface area contributed by atoms with Crippen molar-refractivity contribution in [2.75, 3.05) is 13.0 Å². The predicted octanol–water partition coefficient (Wildman–Crippen LogP) is 6.53. The third kappa shape index (κ3) is 4.19. The molecule has 2 aliphatic heterocycles. The molecule has 0 N–H and O–H groups in total. The minimum atomic E-state index is -0.439. The molecule has 0 radical (unpaired) electrons. The number of hydrogen-bond donors (Lipinski definition) is 0. The average Bonchev–Trinajstić information content (AvgIpc) is 2.82. The highest BCUT2D eigenvalue weighted by Gasteiger charge is 2.43. The van der Waals surface area contributed by atoms with Crippen LogP contribution >= 0.6 is 12.1 Å². The third-order valence-corrected chi connectivity index (χ3v) is 6.29. The molecular formula is C26H29FO5S. The number of ether oxygens (including phenoxy) is 4. The number of ketones is 1. The summed E-state index contributed by atoms with van der Waals surface area (Å²) in [6.45, 7) is 7.97. The molecule has 1 aliphatic carbocycles. The molecule has 0 unspecified atom stereocenters. The van der Waals surface area contributed by atoms with E-state index in [4.69, 9.17) is 18.9 Å². The zero-order chi connectivity index (χ0) is 23.8. The van der Waals surface area contributed by atoms with Crippen LogP contribution < -0.4 is 18.9 Å². The maximum absolute atomic E-state index is 13.6. The maximum Gasteiger partial charge on any atom is 0.177 e. The summed E-state index contributed by atoms with van der Waals surface area (Å²) < 4.78 is 36.0. The van der Waals surface area contributed by atoms with Crippen molar-refractivity contribution in [3.8, 4) is 23.0 Å². The maximum atomic E-state index is 13.6. The number of methoxy groups -OCH3 is 1. The second-order valence-electron chi connectivity index (χ2n) is 8.50. The van der Waals surface area contributed by atoms with E-state index in [1.165, 1.54) is 0 Å². The Hall–Kier alpha value is -2.67. The number of hydrogen-bond acceptors (Lipinski definition) is 6. The monoisotopic (exact) mass is 472 g/mol. The second kappa shape index (κ2) is 9.29. The average molecular weight is 473 g/mol. The first-order valence-corrected chi connectivity index (χ1v) is 12.1. The van der Waals surface area contributed by atoms with Crippen molar-refractivity contribution in [1.29, 1.82) is 0 Å². The molecule has 5 rings (SSSR count). The number of rotatable bonds is 4. The zero-order valence-corrected chi connectivity index (χ0v) is 20.4. The van der Waals surface area contributed by atoms with Gasteiger partial charge in [-0.1, -0.05) is 13.8 Å². The highest BCUT2D eigenvalue weighted by molar-refractivity contribution is 7.94. The van der Waals surface area contributed by atoms with E-state index < -0.39 is 11.5 Å². The van der Waals surface area contributed by atoms with Gasteiger partial charge in [0.1, 0.15) is 23.2 Å². The molecule has 0 saturated carbocycles. The first-order valence-electron chi connectivity index (χ1n) is 11.2. The van der Waals surface area contributed by atoms with Crippen LogP contribution in [0.15, 0.2) is 30.3 Å². The summed E-state index contributed by atoms with van der Waals surface area (Å²) in [6.07, 6.45) is 5.14. The lowest BCUT2D eigenvalue weighted by Gasteiger charge is -2.39. The van der Waals surface area contributed by atoms with Gasteiger partial charge >= 0.3 is 0 Å². The van der Waals surface area contributed by atoms with Crippen LogP contribution in [0, 0.1) is 0 Å². The normalized spacial score (nSPS) is 21.1. The van der Waals surface area contributed by atoms with Crippen LogP contribution in [0.4, 0.5) is 3.89 Å². The Balaban J connectivity index is 0.00000126. The SMILES string of the molecule is CC.COc1cc2c(cc1OCSF)[C@@H]1C(=O)c3ccc4c(c3O[C@@H]1CC2)C=CC(C)(C)O4. The van der Waals surface area contributed by atoms with Crippen molar-refractivity contribution in [2.45, 2.75) is 58.2 Å². The van der Waals surface area contributed by atoms with Crippen LogP contribution in [-0.4, -0.2) is 30.5 Å². The van der Waals surface area contributed by atoms with Gasteiger partial charge in [-0.3, -0.25) is 4.79 Å². The molecule has 0 spiro atoms. The van der Waals surface area contributed by atoms with Crippen molar-refractivity contribution in [3.63, 3.8) is 0 Å². The van der Waals surface area contributed by atoms with Gasteiger partial charge in [0.2, 0.25) is 0 Å². The van der Waals surface area contributed by atoms with Gasteiger partial charge in [-0.25, -0.2) is 0 Å². The Morgan fingerprint density at radius 1 is 1.21 bits per heavy atom. The summed E-state index contributed by atoms with van der Waals surface area (Å²) in [4.78, 5) is 13.6. The standard InChI is InChI=1S/C24H23FO5S.C2H6/c1-24(2)9-8-14-17(30-24)7-5-15-22(26)21-16-11-20(28-12-31-25)19(27-3)10-13(16)4-6-18(21)29-23(14)15;1-2/h5,7-11,18,21H,4,6,12H2,1-3H3;1-2H3/t18-,21+;/m1./s1. The van der Waals surface area contributed by atoms with Crippen molar-refractivity contribution < 1.29 is 27.6 Å². The lowest BCUT2D eigenvalue weighted by Crippen LogP contribution is -2.40. The summed E-state index contributed by atoms with van der Waals surface area (Å²) in [5.41, 5.74) is 2.85. The molecule has 0 saturated heterocycles. The first-order chi connectivity index (χ1) is 15.9. The molecule has 0 aromatic heterocycles. The van der Waals surface area contributed by atoms with Gasteiger partial charge in [0.05, 0.1) is 36.3 Å². The van der Waals surface area contributed by atoms with E-state index in [0.29, 0.717) is 29.2 Å². The minimum absolute atomic E-state index is 0.0178. The zero-order valence-electron chi connectivity index (χ0n) is 19.6. The molecule has 3 aliphatic rings. The van der Waals surface area contributed by atoms with Crippen molar-refractivity contribution in [2.24, 2.45) is 0 Å². The molecule has 0 fully saturated rings. The Kier molecular flexibility index (Phi) is 6.61. The Labute approximate surface area is 198 Å². The Morgan fingerprint density at radius 2 is 2.00 bits per heavy atom. The van der Waals surface area contributed by atoms with Crippen LogP contribution in [0.25, 0.3) is 6.08 Å². The van der Waals surface area contributed by atoms with Crippen LogP contribution in [0.5, 0.6) is 23.0 Å². The third-order valence-electron chi connectivity index (χ3n) is 6.09. The fourth-order valence-electron chi connectivity index (χ4n) is 4.65. The van der Waals surface area contributed by atoms with Crippen LogP contribution in [-0.2, 0) is 6.42 Å². The minimum Gasteiger partial charge on any atom is -0.493 e. The van der Waals surface area contributed by atoms with Gasteiger partial charge in [0.25, 0.3) is 0 Å². The molecule has 33 heavy (non-hydrogen) atoms. The number of aryl methyl sites for hydroxylation is 1. The van der Waals surface area contributed by atoms with E-state index in [1.54, 1.807) is 19.2 Å². The predicted molar refractivity (Wildman–Crippen MR) is 129 cm³/mol. The quantitative estimate of drug-likeness (QED) is 0.472. The van der Waals surface area contributed by atoms with Gasteiger partial charge in [-0.15, -0.1) is 0 Å². The van der Waals surface area contributed by atoms with E-state index in [-0.39, 0.29) is 30.0 Å². The summed E-state index contributed by atoms with van der Waals surface area (Å²) >= 11 is 0.0922. The lowest BCUT2D eigenvalue weighted by molar-refractivity contribution is 0.0743. The first kappa shape index (κ1) is 23.5. The summed E-state index contributed by atoms with van der Waals surface area (Å²) in [5.74, 6) is 1.71. The molecule has 0 amide bonds. The van der Waals surface area contributed by atoms with Crippen LogP contribution in [0.2, 0.25) is 0 Å². The molecule has 5 nitrogen and oxygen atoms in total. The molecule has 7 heteroatoms. The number of Topliss-reactive ketones (excluding diaryl/α,β-unsaturated/α-hetero) is 1. The Bertz CT molecular complexity index is 1090. The Morgan fingerprint density at radius 3 is 2.73 bits per heavy atom. The van der Waals surface area contributed by atoms with E-state index >= 15 is 0 Å². The van der Waals surface area contributed by atoms with Gasteiger partial charge in [-0.05, 0) is 74.2 Å². The highest BCUT2D eigenvalue weighted by atomic mass is 32.2. The van der Waals surface area contributed by atoms with E-state index in [9.17, 15) is 8.68 Å². The van der Waals surface area contributed by atoms with E-state index in [0.717, 1.165) is 28.9 Å². The molecule has 2 heterocycles. The van der Waals surface area contributed by atoms with Crippen LogP contribution in [0.3, 0.4) is 0 Å². The van der Waals surface area contributed by atoms with E-state index in [2.05, 4.69) is 0 Å². The summed E-state index contributed by atoms with van der Waals surface area (Å²) in [7, 11) is 1.55. The number of halogens is 1. The van der Waals surface area contributed by atoms with Gasteiger partial charge in [-0.2, -0.15) is 3.89 Å². The van der Waals surface area contributed by atoms with Gasteiger partial charge in [0.15, 0.2) is 23.2 Å². The highest BCUT2D eigenvalue weighted by Crippen LogP contribution is 2.49. The van der Waals surface area contributed by atoms with Gasteiger partial charge < -0.3 is 18.9 Å². The molecular weight excluding hydrogens is 443 g/mol. The number of benzene rings is 2. The van der Waals surface area contributed by atoms with Crippen molar-refractivity contribution in [1.82, 2.24) is 0 Å². The van der Waals surface area contributed by atoms with E-state index in [1.807, 2.05) is 52.0 Å². The molecule has 2 aromatic rings. The number of fused-ring (bicyclic) bond motifs is 6. The molecule has 0 bridgehead atoms. The second-order valence-corrected chi connectivity index (χ2v) is 8.96. The largest absolute Gasteiger partial charge is 0.493 e. The van der Waals surface area contributed by atoms with Crippen LogP contribution in [0.1, 0.15) is 67.1 Å². The fourth-order valence-corrected chi connectivity index (χ4v) is 4.82. The fraction of sp³-hybridized carbons (Fsp3) is 0.423. The summed E-state index contributed by atoms with van der Waals surface area (Å²) in [5, 5.41) is 0. The number of carbonyl (C=O) groups excluding carboxylic acids is 1. The number of carbonyl (C=O) groups is 1. The molecule has 2 aromatic carbocycles. The molecule has 2 atom stereocenters. The van der Waals surface area contributed by atoms with Gasteiger partial charge in [0, 0.05) is 0 Å². The smallest absolute Gasteiger partial charge is 0.177 e. The van der Waals surface area contributed by atoms with Crippen molar-refractivity contribution >= 4 is 24.0 Å². The lowest BCUT2D eigenvalue weighted by atomic mass is 9.74. The molecule has 176 valence electrons.